The summed E-state index contributed by atoms with van der Waals surface area (Å²) in [6.45, 7) is 2.80. The fourth-order valence-corrected chi connectivity index (χ4v) is 1.12. The molecular weight excluding hydrogens is 188 g/mol. The minimum Gasteiger partial charge on any atom is -0.497 e. The summed E-state index contributed by atoms with van der Waals surface area (Å²) < 4.78 is 14.8. The molecule has 0 unspecified atom stereocenters. The van der Waals surface area contributed by atoms with E-state index in [1.54, 1.807) is 6.08 Å². The highest BCUT2D eigenvalue weighted by Gasteiger charge is 2.27. The van der Waals surface area contributed by atoms with E-state index in [1.807, 2.05) is 0 Å². The SMILES string of the molecule is CC(=O)O[C@H]1C=COC[C@H]1OC(C)=O. The molecule has 1 rings (SSSR count). The molecule has 0 bridgehead atoms. The Morgan fingerprint density at radius 1 is 1.29 bits per heavy atom. The molecule has 0 aromatic heterocycles. The lowest BCUT2D eigenvalue weighted by Crippen LogP contribution is -2.38. The first-order valence-electron chi connectivity index (χ1n) is 4.22. The minimum atomic E-state index is -0.554. The smallest absolute Gasteiger partial charge is 0.303 e. The maximum atomic E-state index is 10.7. The molecule has 0 saturated heterocycles. The fourth-order valence-electron chi connectivity index (χ4n) is 1.12. The van der Waals surface area contributed by atoms with E-state index in [4.69, 9.17) is 14.2 Å². The van der Waals surface area contributed by atoms with Crippen molar-refractivity contribution in [2.75, 3.05) is 6.61 Å². The van der Waals surface area contributed by atoms with Crippen LogP contribution in [0.25, 0.3) is 0 Å². The highest BCUT2D eigenvalue weighted by Crippen LogP contribution is 2.12. The van der Waals surface area contributed by atoms with E-state index in [-0.39, 0.29) is 6.61 Å². The summed E-state index contributed by atoms with van der Waals surface area (Å²) in [5, 5.41) is 0. The van der Waals surface area contributed by atoms with Gasteiger partial charge in [-0.25, -0.2) is 0 Å². The van der Waals surface area contributed by atoms with E-state index >= 15 is 0 Å². The Morgan fingerprint density at radius 2 is 1.93 bits per heavy atom. The number of hydrogen-bond acceptors (Lipinski definition) is 5. The van der Waals surface area contributed by atoms with Gasteiger partial charge in [0.15, 0.2) is 12.2 Å². The van der Waals surface area contributed by atoms with Crippen LogP contribution in [0.5, 0.6) is 0 Å². The molecule has 0 saturated carbocycles. The van der Waals surface area contributed by atoms with Gasteiger partial charge in [0.05, 0.1) is 6.26 Å². The van der Waals surface area contributed by atoms with Gasteiger partial charge in [-0.2, -0.15) is 0 Å². The van der Waals surface area contributed by atoms with Gasteiger partial charge in [0.25, 0.3) is 0 Å². The normalized spacial score (nSPS) is 25.0. The van der Waals surface area contributed by atoms with Crippen LogP contribution >= 0.6 is 0 Å². The van der Waals surface area contributed by atoms with Crippen LogP contribution in [0.2, 0.25) is 0 Å². The largest absolute Gasteiger partial charge is 0.497 e. The summed E-state index contributed by atoms with van der Waals surface area (Å²) in [6, 6.07) is 0. The number of hydrogen-bond donors (Lipinski definition) is 0. The first kappa shape index (κ1) is 10.6. The lowest BCUT2D eigenvalue weighted by Gasteiger charge is -2.26. The number of carbonyl (C=O) groups excluding carboxylic acids is 2. The average Bonchev–Trinajstić information content (AvgIpc) is 2.06. The van der Waals surface area contributed by atoms with Crippen LogP contribution in [0.4, 0.5) is 0 Å². The number of carbonyl (C=O) groups is 2. The van der Waals surface area contributed by atoms with Crippen molar-refractivity contribution in [3.05, 3.63) is 12.3 Å². The summed E-state index contributed by atoms with van der Waals surface area (Å²) in [6.07, 6.45) is 1.86. The third-order valence-corrected chi connectivity index (χ3v) is 1.61. The number of esters is 2. The standard InChI is InChI=1S/C9H12O5/c1-6(10)13-8-3-4-12-5-9(8)14-7(2)11/h3-4,8-9H,5H2,1-2H3/t8-,9+/m0/s1. The zero-order valence-electron chi connectivity index (χ0n) is 8.06. The van der Waals surface area contributed by atoms with Gasteiger partial charge in [-0.15, -0.1) is 0 Å². The van der Waals surface area contributed by atoms with Crippen molar-refractivity contribution in [1.82, 2.24) is 0 Å². The third kappa shape index (κ3) is 3.08. The Kier molecular flexibility index (Phi) is 3.50. The first-order valence-corrected chi connectivity index (χ1v) is 4.22. The van der Waals surface area contributed by atoms with Crippen molar-refractivity contribution in [2.24, 2.45) is 0 Å². The fraction of sp³-hybridized carbons (Fsp3) is 0.556. The molecule has 1 heterocycles. The van der Waals surface area contributed by atoms with Gasteiger partial charge < -0.3 is 14.2 Å². The molecule has 2 atom stereocenters. The van der Waals surface area contributed by atoms with E-state index in [1.165, 1.54) is 20.1 Å². The second kappa shape index (κ2) is 4.64. The molecule has 0 aromatic carbocycles. The van der Waals surface area contributed by atoms with Gasteiger partial charge in [-0.3, -0.25) is 9.59 Å². The number of rotatable bonds is 2. The minimum absolute atomic E-state index is 0.202. The lowest BCUT2D eigenvalue weighted by atomic mass is 10.2. The van der Waals surface area contributed by atoms with Crippen molar-refractivity contribution in [3.8, 4) is 0 Å². The molecule has 0 radical (unpaired) electrons. The predicted molar refractivity (Wildman–Crippen MR) is 46.2 cm³/mol. The van der Waals surface area contributed by atoms with E-state index in [9.17, 15) is 9.59 Å². The van der Waals surface area contributed by atoms with Crippen LogP contribution in [-0.4, -0.2) is 30.8 Å². The molecule has 0 spiro atoms. The zero-order valence-corrected chi connectivity index (χ0v) is 8.06. The van der Waals surface area contributed by atoms with Crippen LogP contribution in [0.15, 0.2) is 12.3 Å². The van der Waals surface area contributed by atoms with Gasteiger partial charge in [0, 0.05) is 13.8 Å². The Morgan fingerprint density at radius 3 is 2.50 bits per heavy atom. The van der Waals surface area contributed by atoms with Crippen molar-refractivity contribution in [2.45, 2.75) is 26.1 Å². The Labute approximate surface area is 81.6 Å². The second-order valence-corrected chi connectivity index (χ2v) is 2.88. The molecule has 0 aromatic rings. The predicted octanol–water partition coefficient (Wildman–Crippen LogP) is 0.394. The highest BCUT2D eigenvalue weighted by atomic mass is 16.6. The lowest BCUT2D eigenvalue weighted by molar-refractivity contribution is -0.166. The van der Waals surface area contributed by atoms with Crippen LogP contribution in [-0.2, 0) is 23.8 Å². The van der Waals surface area contributed by atoms with E-state index in [0.29, 0.717) is 0 Å². The summed E-state index contributed by atoms with van der Waals surface area (Å²) in [7, 11) is 0. The molecule has 0 N–H and O–H groups in total. The molecule has 5 heteroatoms. The van der Waals surface area contributed by atoms with Crippen molar-refractivity contribution < 1.29 is 23.8 Å². The van der Waals surface area contributed by atoms with Crippen molar-refractivity contribution in [1.29, 1.82) is 0 Å². The third-order valence-electron chi connectivity index (χ3n) is 1.61. The topological polar surface area (TPSA) is 61.8 Å². The molecule has 1 aliphatic rings. The summed E-state index contributed by atoms with van der Waals surface area (Å²) >= 11 is 0. The van der Waals surface area contributed by atoms with E-state index < -0.39 is 24.1 Å². The van der Waals surface area contributed by atoms with Gasteiger partial charge >= 0.3 is 11.9 Å². The second-order valence-electron chi connectivity index (χ2n) is 2.88. The molecule has 14 heavy (non-hydrogen) atoms. The number of ether oxygens (including phenoxy) is 3. The highest BCUT2D eigenvalue weighted by molar-refractivity contribution is 5.67. The van der Waals surface area contributed by atoms with Gasteiger partial charge in [0.1, 0.15) is 6.61 Å². The molecule has 0 fully saturated rings. The van der Waals surface area contributed by atoms with Crippen LogP contribution in [0, 0.1) is 0 Å². The molecule has 5 nitrogen and oxygen atoms in total. The average molecular weight is 200 g/mol. The maximum Gasteiger partial charge on any atom is 0.303 e. The summed E-state index contributed by atoms with van der Waals surface area (Å²) in [4.78, 5) is 21.4. The van der Waals surface area contributed by atoms with Crippen molar-refractivity contribution in [3.63, 3.8) is 0 Å². The summed E-state index contributed by atoms with van der Waals surface area (Å²) in [5.74, 6) is -0.843. The molecule has 0 aliphatic carbocycles. The molecular formula is C9H12O5. The van der Waals surface area contributed by atoms with E-state index in [2.05, 4.69) is 0 Å². The zero-order chi connectivity index (χ0) is 10.6. The van der Waals surface area contributed by atoms with Crippen LogP contribution in [0.1, 0.15) is 13.8 Å². The Balaban J connectivity index is 2.57. The van der Waals surface area contributed by atoms with Crippen molar-refractivity contribution >= 4 is 11.9 Å². The monoisotopic (exact) mass is 200 g/mol. The first-order chi connectivity index (χ1) is 6.59. The Hall–Kier alpha value is -1.52. The molecule has 1 aliphatic heterocycles. The van der Waals surface area contributed by atoms with Crippen LogP contribution in [0.3, 0.4) is 0 Å². The van der Waals surface area contributed by atoms with Gasteiger partial charge in [-0.05, 0) is 6.08 Å². The van der Waals surface area contributed by atoms with Gasteiger partial charge in [0.2, 0.25) is 0 Å². The Bertz CT molecular complexity index is 258. The van der Waals surface area contributed by atoms with Gasteiger partial charge in [-0.1, -0.05) is 0 Å². The molecule has 0 amide bonds. The summed E-state index contributed by atoms with van der Waals surface area (Å²) in [5.41, 5.74) is 0. The molecule has 78 valence electrons. The maximum absolute atomic E-state index is 10.7. The van der Waals surface area contributed by atoms with E-state index in [0.717, 1.165) is 0 Å². The quantitative estimate of drug-likeness (QED) is 0.603. The van der Waals surface area contributed by atoms with Crippen LogP contribution < -0.4 is 0 Å².